The summed E-state index contributed by atoms with van der Waals surface area (Å²) in [5.41, 5.74) is 16.4. The maximum absolute atomic E-state index is 2.44. The van der Waals surface area contributed by atoms with Crippen molar-refractivity contribution in [3.05, 3.63) is 267 Å². The highest BCUT2D eigenvalue weighted by molar-refractivity contribution is 6.19. The maximum Gasteiger partial charge on any atom is 0.0619 e. The summed E-state index contributed by atoms with van der Waals surface area (Å²) in [6.07, 6.45) is 0. The molecule has 13 rings (SSSR count). The topological polar surface area (TPSA) is 8.17 Å². The first-order chi connectivity index (χ1) is 33.7. The molecule has 0 aliphatic rings. The van der Waals surface area contributed by atoms with Gasteiger partial charge >= 0.3 is 0 Å². The van der Waals surface area contributed by atoms with Gasteiger partial charge in [-0.2, -0.15) is 0 Å². The van der Waals surface area contributed by atoms with Crippen molar-refractivity contribution in [1.82, 2.24) is 4.57 Å². The maximum atomic E-state index is 2.44. The quantitative estimate of drug-likeness (QED) is 0.148. The van der Waals surface area contributed by atoms with Crippen LogP contribution in [-0.4, -0.2) is 4.57 Å². The zero-order valence-electron chi connectivity index (χ0n) is 37.3. The van der Waals surface area contributed by atoms with Crippen molar-refractivity contribution >= 4 is 71.2 Å². The SMILES string of the molecule is c1ccc(-c2cc(-c3ccc(N(c4ccc(-c5ccc6c7ccc8ccccc8c7n(-c7ccccc7)c6c5)cc4)c4ccc(-c5cccc6ccccc56)cc4)cc3)cc3ccccc23)cc1. The van der Waals surface area contributed by atoms with Crippen molar-refractivity contribution < 1.29 is 0 Å². The van der Waals surface area contributed by atoms with Crippen LogP contribution in [0.15, 0.2) is 267 Å². The minimum atomic E-state index is 1.09. The van der Waals surface area contributed by atoms with Gasteiger partial charge in [0, 0.05) is 38.9 Å². The molecule has 0 atom stereocenters. The van der Waals surface area contributed by atoms with Crippen LogP contribution in [-0.2, 0) is 0 Å². The number of para-hydroxylation sites is 1. The molecule has 0 aliphatic carbocycles. The van der Waals surface area contributed by atoms with Gasteiger partial charge in [-0.25, -0.2) is 0 Å². The van der Waals surface area contributed by atoms with Crippen LogP contribution in [0.4, 0.5) is 17.1 Å². The van der Waals surface area contributed by atoms with Gasteiger partial charge in [0.05, 0.1) is 11.0 Å². The zero-order chi connectivity index (χ0) is 45.0. The molecule has 0 amide bonds. The molecule has 318 valence electrons. The molecule has 2 heteroatoms. The largest absolute Gasteiger partial charge is 0.311 e. The molecular weight excluding hydrogens is 821 g/mol. The predicted octanol–water partition coefficient (Wildman–Crippen LogP) is 18.4. The minimum Gasteiger partial charge on any atom is -0.311 e. The van der Waals surface area contributed by atoms with E-state index in [4.69, 9.17) is 0 Å². The van der Waals surface area contributed by atoms with Gasteiger partial charge in [-0.05, 0) is 138 Å². The summed E-state index contributed by atoms with van der Waals surface area (Å²) in [7, 11) is 0. The lowest BCUT2D eigenvalue weighted by Crippen LogP contribution is -2.09. The minimum absolute atomic E-state index is 1.09. The van der Waals surface area contributed by atoms with E-state index in [0.29, 0.717) is 0 Å². The molecule has 0 radical (unpaired) electrons. The van der Waals surface area contributed by atoms with Gasteiger partial charge in [0.1, 0.15) is 0 Å². The number of anilines is 3. The van der Waals surface area contributed by atoms with Crippen molar-refractivity contribution in [3.8, 4) is 50.2 Å². The number of benzene rings is 12. The first-order valence-electron chi connectivity index (χ1n) is 23.4. The Balaban J connectivity index is 0.911. The average Bonchev–Trinajstić information content (AvgIpc) is 3.76. The fourth-order valence-electron chi connectivity index (χ4n) is 10.5. The molecule has 0 N–H and O–H groups in total. The van der Waals surface area contributed by atoms with Crippen molar-refractivity contribution in [1.29, 1.82) is 0 Å². The Hall–Kier alpha value is -8.98. The summed E-state index contributed by atoms with van der Waals surface area (Å²) in [4.78, 5) is 2.37. The van der Waals surface area contributed by atoms with E-state index >= 15 is 0 Å². The number of hydrogen-bond acceptors (Lipinski definition) is 1. The number of hydrogen-bond donors (Lipinski definition) is 0. The van der Waals surface area contributed by atoms with E-state index < -0.39 is 0 Å². The van der Waals surface area contributed by atoms with E-state index in [1.54, 1.807) is 0 Å². The molecule has 68 heavy (non-hydrogen) atoms. The second-order valence-corrected chi connectivity index (χ2v) is 17.7. The Morgan fingerprint density at radius 1 is 0.250 bits per heavy atom. The highest BCUT2D eigenvalue weighted by atomic mass is 15.1. The standard InChI is InChI=1S/C66H44N2/c1-3-14-48(15-4-1)64-43-53(42-52-18-9-11-23-60(52)64)46-28-36-56(37-29-46)67(57-38-30-50(31-39-57)59-25-13-19-47-16-7-10-22-58(47)59)55-34-26-45(27-35-55)51-33-40-62-63-41-32-49-17-8-12-24-61(49)66(63)68(65(62)44-51)54-20-5-2-6-21-54/h1-44H. The fourth-order valence-corrected chi connectivity index (χ4v) is 10.5. The zero-order valence-corrected chi connectivity index (χ0v) is 37.3. The summed E-state index contributed by atoms with van der Waals surface area (Å²) >= 11 is 0. The normalized spacial score (nSPS) is 11.5. The second-order valence-electron chi connectivity index (χ2n) is 17.7. The van der Waals surface area contributed by atoms with Crippen LogP contribution in [0.3, 0.4) is 0 Å². The molecule has 0 fully saturated rings. The Morgan fingerprint density at radius 2 is 0.735 bits per heavy atom. The van der Waals surface area contributed by atoms with Crippen LogP contribution in [0, 0.1) is 0 Å². The molecule has 1 heterocycles. The van der Waals surface area contributed by atoms with E-state index in [9.17, 15) is 0 Å². The Morgan fingerprint density at radius 3 is 1.41 bits per heavy atom. The molecule has 0 saturated heterocycles. The second kappa shape index (κ2) is 16.5. The molecule has 0 spiro atoms. The van der Waals surface area contributed by atoms with Gasteiger partial charge in [-0.3, -0.25) is 0 Å². The van der Waals surface area contributed by atoms with Gasteiger partial charge in [0.15, 0.2) is 0 Å². The van der Waals surface area contributed by atoms with Gasteiger partial charge in [0.2, 0.25) is 0 Å². The summed E-state index contributed by atoms with van der Waals surface area (Å²) in [6, 6.07) is 97.4. The summed E-state index contributed by atoms with van der Waals surface area (Å²) in [5.74, 6) is 0. The molecule has 1 aromatic heterocycles. The molecule has 2 nitrogen and oxygen atoms in total. The van der Waals surface area contributed by atoms with Crippen LogP contribution < -0.4 is 4.90 Å². The number of fused-ring (bicyclic) bond motifs is 7. The van der Waals surface area contributed by atoms with Crippen LogP contribution >= 0.6 is 0 Å². The number of aromatic nitrogens is 1. The fraction of sp³-hybridized carbons (Fsp3) is 0. The summed E-state index contributed by atoms with van der Waals surface area (Å²) in [6.45, 7) is 0. The Kier molecular flexibility index (Phi) is 9.54. The van der Waals surface area contributed by atoms with Crippen LogP contribution in [0.5, 0.6) is 0 Å². The summed E-state index contributed by atoms with van der Waals surface area (Å²) < 4.78 is 2.44. The van der Waals surface area contributed by atoms with Crippen molar-refractivity contribution in [3.63, 3.8) is 0 Å². The highest BCUT2D eigenvalue weighted by Gasteiger charge is 2.18. The van der Waals surface area contributed by atoms with Gasteiger partial charge in [-0.15, -0.1) is 0 Å². The first-order valence-corrected chi connectivity index (χ1v) is 23.4. The molecular formula is C66H44N2. The van der Waals surface area contributed by atoms with E-state index in [1.807, 2.05) is 0 Å². The molecule has 0 bridgehead atoms. The van der Waals surface area contributed by atoms with Crippen molar-refractivity contribution in [2.45, 2.75) is 0 Å². The van der Waals surface area contributed by atoms with Crippen molar-refractivity contribution in [2.75, 3.05) is 4.90 Å². The lowest BCUT2D eigenvalue weighted by atomic mass is 9.93. The monoisotopic (exact) mass is 864 g/mol. The lowest BCUT2D eigenvalue weighted by Gasteiger charge is -2.26. The van der Waals surface area contributed by atoms with Crippen LogP contribution in [0.25, 0.3) is 104 Å². The lowest BCUT2D eigenvalue weighted by molar-refractivity contribution is 1.19. The molecule has 0 unspecified atom stereocenters. The molecule has 0 aliphatic heterocycles. The van der Waals surface area contributed by atoms with E-state index in [2.05, 4.69) is 276 Å². The molecule has 13 aromatic rings. The third kappa shape index (κ3) is 6.82. The number of rotatable bonds is 8. The van der Waals surface area contributed by atoms with E-state index in [1.165, 1.54) is 93.1 Å². The third-order valence-electron chi connectivity index (χ3n) is 13.8. The number of nitrogens with zero attached hydrogens (tertiary/aromatic N) is 2. The smallest absolute Gasteiger partial charge is 0.0619 e. The Labute approximate surface area is 395 Å². The van der Waals surface area contributed by atoms with Crippen LogP contribution in [0.1, 0.15) is 0 Å². The van der Waals surface area contributed by atoms with Gasteiger partial charge in [0.25, 0.3) is 0 Å². The van der Waals surface area contributed by atoms with Crippen molar-refractivity contribution in [2.24, 2.45) is 0 Å². The predicted molar refractivity (Wildman–Crippen MR) is 290 cm³/mol. The van der Waals surface area contributed by atoms with E-state index in [0.717, 1.165) is 28.3 Å². The van der Waals surface area contributed by atoms with E-state index in [-0.39, 0.29) is 0 Å². The average molecular weight is 865 g/mol. The van der Waals surface area contributed by atoms with Gasteiger partial charge < -0.3 is 9.47 Å². The highest BCUT2D eigenvalue weighted by Crippen LogP contribution is 2.42. The molecule has 0 saturated carbocycles. The Bertz CT molecular complexity index is 3980. The molecule has 12 aromatic carbocycles. The van der Waals surface area contributed by atoms with Crippen LogP contribution in [0.2, 0.25) is 0 Å². The third-order valence-corrected chi connectivity index (χ3v) is 13.8. The first kappa shape index (κ1) is 39.4. The van der Waals surface area contributed by atoms with Gasteiger partial charge in [-0.1, -0.05) is 200 Å². The summed E-state index contributed by atoms with van der Waals surface area (Å²) in [5, 5.41) is 9.99.